The van der Waals surface area contributed by atoms with Crippen molar-refractivity contribution in [3.63, 3.8) is 0 Å². The number of hydrogen-bond acceptors (Lipinski definition) is 1. The zero-order chi connectivity index (χ0) is 10.8. The Hall–Kier alpha value is -1.57. The zero-order valence-electron chi connectivity index (χ0n) is 8.49. The van der Waals surface area contributed by atoms with Gasteiger partial charge in [0, 0.05) is 11.5 Å². The van der Waals surface area contributed by atoms with E-state index < -0.39 is 5.97 Å². The van der Waals surface area contributed by atoms with E-state index in [1.807, 2.05) is 18.2 Å². The highest BCUT2D eigenvalue weighted by Crippen LogP contribution is 2.35. The van der Waals surface area contributed by atoms with Crippen molar-refractivity contribution in [2.75, 3.05) is 0 Å². The molecule has 15 heavy (non-hydrogen) atoms. The zero-order valence-corrected chi connectivity index (χ0v) is 8.49. The lowest BCUT2D eigenvalue weighted by Crippen LogP contribution is -2.16. The van der Waals surface area contributed by atoms with E-state index in [9.17, 15) is 4.79 Å². The van der Waals surface area contributed by atoms with Crippen LogP contribution in [-0.4, -0.2) is 11.1 Å². The maximum Gasteiger partial charge on any atom is 0.331 e. The topological polar surface area (TPSA) is 37.3 Å². The first-order valence-corrected chi connectivity index (χ1v) is 5.11. The van der Waals surface area contributed by atoms with Crippen LogP contribution in [0.4, 0.5) is 0 Å². The van der Waals surface area contributed by atoms with Crippen LogP contribution in [0.1, 0.15) is 29.9 Å². The van der Waals surface area contributed by atoms with Crippen LogP contribution in [0, 0.1) is 6.07 Å². The van der Waals surface area contributed by atoms with Crippen LogP contribution < -0.4 is 0 Å². The monoisotopic (exact) mass is 201 g/mol. The molecule has 77 valence electrons. The molecule has 2 rings (SSSR count). The quantitative estimate of drug-likeness (QED) is 0.746. The molecule has 1 aromatic carbocycles. The number of rotatable bonds is 2. The van der Waals surface area contributed by atoms with Gasteiger partial charge in [0.25, 0.3) is 0 Å². The number of aliphatic carboxylic acids is 1. The van der Waals surface area contributed by atoms with Crippen molar-refractivity contribution >= 4 is 5.97 Å². The number of aryl methyl sites for hydroxylation is 1. The number of carbonyl (C=O) groups is 1. The molecule has 1 unspecified atom stereocenters. The van der Waals surface area contributed by atoms with E-state index in [1.54, 1.807) is 0 Å². The number of fused-ring (bicyclic) bond motifs is 1. The molecule has 1 atom stereocenters. The standard InChI is InChI=1S/C13H13O2/c1-9(13(14)15)11-8-4-6-10-5-2-3-7-12(10)11/h2-3,7,11H,1,4,6,8H2,(H,14,15). The highest BCUT2D eigenvalue weighted by atomic mass is 16.4. The van der Waals surface area contributed by atoms with Gasteiger partial charge in [-0.2, -0.15) is 0 Å². The Labute approximate surface area is 89.2 Å². The maximum absolute atomic E-state index is 10.9. The van der Waals surface area contributed by atoms with Gasteiger partial charge in [-0.15, -0.1) is 0 Å². The SMILES string of the molecule is C=C(C(=O)O)C1CCCc2[c]cccc21. The smallest absolute Gasteiger partial charge is 0.331 e. The average Bonchev–Trinajstić information content (AvgIpc) is 2.27. The Balaban J connectivity index is 2.38. The summed E-state index contributed by atoms with van der Waals surface area (Å²) in [5, 5.41) is 8.95. The Morgan fingerprint density at radius 3 is 3.13 bits per heavy atom. The third-order valence-corrected chi connectivity index (χ3v) is 2.97. The minimum absolute atomic E-state index is 0.0244. The van der Waals surface area contributed by atoms with Gasteiger partial charge in [-0.1, -0.05) is 24.8 Å². The molecule has 1 aromatic rings. The average molecular weight is 201 g/mol. The van der Waals surface area contributed by atoms with Crippen molar-refractivity contribution in [3.8, 4) is 0 Å². The van der Waals surface area contributed by atoms with Crippen LogP contribution in [0.3, 0.4) is 0 Å². The molecule has 1 radical (unpaired) electrons. The van der Waals surface area contributed by atoms with Crippen molar-refractivity contribution in [2.24, 2.45) is 0 Å². The number of carboxylic acids is 1. The Bertz CT molecular complexity index is 407. The summed E-state index contributed by atoms with van der Waals surface area (Å²) in [6.07, 6.45) is 2.90. The van der Waals surface area contributed by atoms with E-state index in [0.29, 0.717) is 5.57 Å². The molecule has 1 N–H and O–H groups in total. The summed E-state index contributed by atoms with van der Waals surface area (Å²) in [6, 6.07) is 8.96. The summed E-state index contributed by atoms with van der Waals surface area (Å²) in [6.45, 7) is 3.66. The summed E-state index contributed by atoms with van der Waals surface area (Å²) in [5.74, 6) is -0.916. The van der Waals surface area contributed by atoms with E-state index in [0.717, 1.165) is 30.4 Å². The van der Waals surface area contributed by atoms with Crippen molar-refractivity contribution in [1.29, 1.82) is 0 Å². The fourth-order valence-electron chi connectivity index (χ4n) is 2.18. The normalized spacial score (nSPS) is 19.3. The third-order valence-electron chi connectivity index (χ3n) is 2.97. The van der Waals surface area contributed by atoms with Crippen molar-refractivity contribution in [1.82, 2.24) is 0 Å². The van der Waals surface area contributed by atoms with Crippen LogP contribution in [0.15, 0.2) is 30.4 Å². The van der Waals surface area contributed by atoms with Crippen molar-refractivity contribution < 1.29 is 9.90 Å². The largest absolute Gasteiger partial charge is 0.478 e. The molecule has 0 bridgehead atoms. The Morgan fingerprint density at radius 2 is 2.40 bits per heavy atom. The minimum Gasteiger partial charge on any atom is -0.478 e. The molecule has 1 aliphatic rings. The first-order valence-electron chi connectivity index (χ1n) is 5.11. The van der Waals surface area contributed by atoms with E-state index in [2.05, 4.69) is 12.6 Å². The van der Waals surface area contributed by atoms with E-state index in [1.165, 1.54) is 0 Å². The second-order valence-corrected chi connectivity index (χ2v) is 3.88. The second-order valence-electron chi connectivity index (χ2n) is 3.88. The molecule has 0 fully saturated rings. The number of carboxylic acid groups (broad SMARTS) is 1. The van der Waals surface area contributed by atoms with Crippen molar-refractivity contribution in [3.05, 3.63) is 47.5 Å². The van der Waals surface area contributed by atoms with Crippen LogP contribution in [0.5, 0.6) is 0 Å². The second kappa shape index (κ2) is 3.89. The Kier molecular flexibility index (Phi) is 2.58. The molecule has 0 saturated heterocycles. The lowest BCUT2D eigenvalue weighted by Gasteiger charge is -2.25. The van der Waals surface area contributed by atoms with Gasteiger partial charge in [0.2, 0.25) is 0 Å². The summed E-state index contributed by atoms with van der Waals surface area (Å²) >= 11 is 0. The van der Waals surface area contributed by atoms with Gasteiger partial charge in [-0.05, 0) is 36.5 Å². The fraction of sp³-hybridized carbons (Fsp3) is 0.308. The van der Waals surface area contributed by atoms with Gasteiger partial charge in [0.15, 0.2) is 0 Å². The number of benzene rings is 1. The molecule has 0 aromatic heterocycles. The molecular weight excluding hydrogens is 188 g/mol. The minimum atomic E-state index is -0.892. The van der Waals surface area contributed by atoms with Gasteiger partial charge < -0.3 is 5.11 Å². The predicted molar refractivity (Wildman–Crippen MR) is 57.7 cm³/mol. The molecular formula is C13H13O2. The number of hydrogen-bond donors (Lipinski definition) is 1. The summed E-state index contributed by atoms with van der Waals surface area (Å²) in [5.41, 5.74) is 2.54. The van der Waals surface area contributed by atoms with Crippen molar-refractivity contribution in [2.45, 2.75) is 25.2 Å². The van der Waals surface area contributed by atoms with E-state index >= 15 is 0 Å². The van der Waals surface area contributed by atoms with Gasteiger partial charge in [0.1, 0.15) is 0 Å². The molecule has 0 spiro atoms. The van der Waals surface area contributed by atoms with Crippen LogP contribution >= 0.6 is 0 Å². The first-order chi connectivity index (χ1) is 7.20. The Morgan fingerprint density at radius 1 is 1.60 bits per heavy atom. The molecule has 2 nitrogen and oxygen atoms in total. The highest BCUT2D eigenvalue weighted by Gasteiger charge is 2.25. The molecule has 0 aliphatic heterocycles. The molecule has 0 heterocycles. The van der Waals surface area contributed by atoms with Crippen LogP contribution in [0.2, 0.25) is 0 Å². The molecule has 0 amide bonds. The maximum atomic E-state index is 10.9. The molecule has 1 aliphatic carbocycles. The molecule has 2 heteroatoms. The fourth-order valence-corrected chi connectivity index (χ4v) is 2.18. The van der Waals surface area contributed by atoms with Gasteiger partial charge in [-0.25, -0.2) is 4.79 Å². The first kappa shape index (κ1) is 9.97. The van der Waals surface area contributed by atoms with Gasteiger partial charge >= 0.3 is 5.97 Å². The lowest BCUT2D eigenvalue weighted by molar-refractivity contribution is -0.133. The summed E-state index contributed by atoms with van der Waals surface area (Å²) in [4.78, 5) is 10.9. The predicted octanol–water partition coefficient (Wildman–Crippen LogP) is 2.55. The molecule has 0 saturated carbocycles. The highest BCUT2D eigenvalue weighted by molar-refractivity contribution is 5.87. The van der Waals surface area contributed by atoms with E-state index in [-0.39, 0.29) is 5.92 Å². The van der Waals surface area contributed by atoms with Gasteiger partial charge in [0.05, 0.1) is 0 Å². The van der Waals surface area contributed by atoms with Gasteiger partial charge in [-0.3, -0.25) is 0 Å². The third kappa shape index (κ3) is 1.80. The van der Waals surface area contributed by atoms with Crippen LogP contribution in [0.25, 0.3) is 0 Å². The lowest BCUT2D eigenvalue weighted by atomic mass is 9.79. The summed E-state index contributed by atoms with van der Waals surface area (Å²) < 4.78 is 0. The van der Waals surface area contributed by atoms with E-state index in [4.69, 9.17) is 5.11 Å². The van der Waals surface area contributed by atoms with Crippen LogP contribution in [-0.2, 0) is 11.2 Å². The summed E-state index contributed by atoms with van der Waals surface area (Å²) in [7, 11) is 0.